The predicted molar refractivity (Wildman–Crippen MR) is 90.1 cm³/mol. The minimum absolute atomic E-state index is 0.301. The maximum atomic E-state index is 11.4. The summed E-state index contributed by atoms with van der Waals surface area (Å²) in [5.41, 5.74) is 1.79. The molecule has 0 aliphatic heterocycles. The van der Waals surface area contributed by atoms with E-state index in [-0.39, 0.29) is 0 Å². The van der Waals surface area contributed by atoms with E-state index in [4.69, 9.17) is 9.47 Å². The lowest BCUT2D eigenvalue weighted by Crippen LogP contribution is -2.27. The van der Waals surface area contributed by atoms with Gasteiger partial charge in [0.1, 0.15) is 18.2 Å². The van der Waals surface area contributed by atoms with Crippen LogP contribution in [0.3, 0.4) is 0 Å². The number of ether oxygens (including phenoxy) is 2. The van der Waals surface area contributed by atoms with Crippen LogP contribution in [-0.4, -0.2) is 12.7 Å². The van der Waals surface area contributed by atoms with E-state index in [1.54, 1.807) is 6.92 Å². The Morgan fingerprint density at radius 2 is 1.78 bits per heavy atom. The Morgan fingerprint density at radius 3 is 2.52 bits per heavy atom. The second kappa shape index (κ2) is 8.48. The van der Waals surface area contributed by atoms with Crippen molar-refractivity contribution >= 4 is 11.8 Å². The van der Waals surface area contributed by atoms with Gasteiger partial charge in [0.25, 0.3) is 0 Å². The average molecular weight is 312 g/mol. The first kappa shape index (κ1) is 16.4. The Labute approximate surface area is 135 Å². The maximum Gasteiger partial charge on any atom is 0.412 e. The van der Waals surface area contributed by atoms with Gasteiger partial charge in [0.15, 0.2) is 0 Å². The summed E-state index contributed by atoms with van der Waals surface area (Å²) in [4.78, 5) is 11.4. The van der Waals surface area contributed by atoms with Crippen molar-refractivity contribution in [3.05, 3.63) is 72.6 Å². The lowest BCUT2D eigenvalue weighted by molar-refractivity contribution is 0.155. The molecule has 0 aliphatic rings. The molecule has 5 heteroatoms. The summed E-state index contributed by atoms with van der Waals surface area (Å²) in [6, 6.07) is 17.3. The van der Waals surface area contributed by atoms with Crippen LogP contribution in [0.15, 0.2) is 67.0 Å². The van der Waals surface area contributed by atoms with Gasteiger partial charge in [-0.2, -0.15) is 0 Å². The second-order valence-electron chi connectivity index (χ2n) is 4.72. The van der Waals surface area contributed by atoms with Gasteiger partial charge < -0.3 is 14.8 Å². The third-order valence-corrected chi connectivity index (χ3v) is 2.94. The van der Waals surface area contributed by atoms with Gasteiger partial charge >= 0.3 is 6.09 Å². The number of benzene rings is 2. The molecule has 1 amide bonds. The van der Waals surface area contributed by atoms with Crippen LogP contribution >= 0.6 is 0 Å². The summed E-state index contributed by atoms with van der Waals surface area (Å²) in [5, 5.41) is 5.51. The standard InChI is InChI=1S/C18H20N2O3/c1-3-22-18(21)20-14(2)19-16-11-7-8-12-17(16)23-13-15-9-5-4-6-10-15/h4-12,19H,2-3,13H2,1H3,(H,20,21). The van der Waals surface area contributed by atoms with E-state index < -0.39 is 6.09 Å². The highest BCUT2D eigenvalue weighted by Gasteiger charge is 2.07. The molecule has 0 heterocycles. The zero-order valence-electron chi connectivity index (χ0n) is 13.0. The number of para-hydroxylation sites is 2. The molecule has 2 N–H and O–H groups in total. The Bertz CT molecular complexity index is 656. The summed E-state index contributed by atoms with van der Waals surface area (Å²) in [6.07, 6.45) is -0.548. The molecule has 120 valence electrons. The van der Waals surface area contributed by atoms with Crippen molar-refractivity contribution in [2.45, 2.75) is 13.5 Å². The van der Waals surface area contributed by atoms with Crippen LogP contribution in [0.1, 0.15) is 12.5 Å². The molecule has 0 aromatic heterocycles. The Hall–Kier alpha value is -2.95. The fourth-order valence-electron chi connectivity index (χ4n) is 1.92. The van der Waals surface area contributed by atoms with Crippen LogP contribution < -0.4 is 15.4 Å². The highest BCUT2D eigenvalue weighted by atomic mass is 16.5. The summed E-state index contributed by atoms with van der Waals surface area (Å²) in [5.74, 6) is 0.988. The SMILES string of the molecule is C=C(NC(=O)OCC)Nc1ccccc1OCc1ccccc1. The fraction of sp³-hybridized carbons (Fsp3) is 0.167. The summed E-state index contributed by atoms with van der Waals surface area (Å²) in [7, 11) is 0. The van der Waals surface area contributed by atoms with E-state index in [1.165, 1.54) is 0 Å². The zero-order valence-corrected chi connectivity index (χ0v) is 13.0. The van der Waals surface area contributed by atoms with Crippen LogP contribution in [0.5, 0.6) is 5.75 Å². The molecule has 0 saturated carbocycles. The number of anilines is 1. The largest absolute Gasteiger partial charge is 0.487 e. The molecule has 0 atom stereocenters. The van der Waals surface area contributed by atoms with Crippen molar-refractivity contribution in [3.8, 4) is 5.75 Å². The van der Waals surface area contributed by atoms with Crippen molar-refractivity contribution in [2.24, 2.45) is 0 Å². The quantitative estimate of drug-likeness (QED) is 0.814. The molecule has 0 radical (unpaired) electrons. The minimum Gasteiger partial charge on any atom is -0.487 e. The average Bonchev–Trinajstić information content (AvgIpc) is 2.55. The van der Waals surface area contributed by atoms with Crippen LogP contribution in [0.2, 0.25) is 0 Å². The zero-order chi connectivity index (χ0) is 16.5. The molecule has 0 saturated heterocycles. The van der Waals surface area contributed by atoms with Crippen molar-refractivity contribution in [1.82, 2.24) is 5.32 Å². The third kappa shape index (κ3) is 5.39. The molecule has 2 aromatic rings. The normalized spacial score (nSPS) is 9.78. The van der Waals surface area contributed by atoms with Crippen LogP contribution in [-0.2, 0) is 11.3 Å². The molecule has 0 aliphatic carbocycles. The molecular formula is C18H20N2O3. The van der Waals surface area contributed by atoms with Gasteiger partial charge in [-0.3, -0.25) is 5.32 Å². The summed E-state index contributed by atoms with van der Waals surface area (Å²) >= 11 is 0. The van der Waals surface area contributed by atoms with E-state index in [9.17, 15) is 4.79 Å². The lowest BCUT2D eigenvalue weighted by atomic mass is 10.2. The molecular weight excluding hydrogens is 292 g/mol. The molecule has 2 aromatic carbocycles. The maximum absolute atomic E-state index is 11.4. The monoisotopic (exact) mass is 312 g/mol. The highest BCUT2D eigenvalue weighted by molar-refractivity contribution is 5.71. The molecule has 0 unspecified atom stereocenters. The van der Waals surface area contributed by atoms with E-state index in [0.717, 1.165) is 5.56 Å². The summed E-state index contributed by atoms with van der Waals surface area (Å²) in [6.45, 7) is 6.25. The number of amides is 1. The van der Waals surface area contributed by atoms with Crippen molar-refractivity contribution < 1.29 is 14.3 Å². The Balaban J connectivity index is 1.97. The molecule has 0 fully saturated rings. The van der Waals surface area contributed by atoms with Crippen LogP contribution in [0.25, 0.3) is 0 Å². The van der Waals surface area contributed by atoms with E-state index in [2.05, 4.69) is 17.2 Å². The molecule has 23 heavy (non-hydrogen) atoms. The number of hydrogen-bond donors (Lipinski definition) is 2. The number of carbonyl (C=O) groups is 1. The van der Waals surface area contributed by atoms with E-state index in [1.807, 2.05) is 54.6 Å². The van der Waals surface area contributed by atoms with Crippen LogP contribution in [0.4, 0.5) is 10.5 Å². The van der Waals surface area contributed by atoms with Crippen LogP contribution in [0, 0.1) is 0 Å². The topological polar surface area (TPSA) is 59.6 Å². The Morgan fingerprint density at radius 1 is 1.09 bits per heavy atom. The molecule has 2 rings (SSSR count). The third-order valence-electron chi connectivity index (χ3n) is 2.94. The number of alkyl carbamates (subject to hydrolysis) is 1. The van der Waals surface area contributed by atoms with Gasteiger partial charge in [0, 0.05) is 0 Å². The predicted octanol–water partition coefficient (Wildman–Crippen LogP) is 3.89. The van der Waals surface area contributed by atoms with E-state index in [0.29, 0.717) is 30.5 Å². The highest BCUT2D eigenvalue weighted by Crippen LogP contribution is 2.25. The van der Waals surface area contributed by atoms with Gasteiger partial charge in [-0.1, -0.05) is 49.0 Å². The summed E-state index contributed by atoms with van der Waals surface area (Å²) < 4.78 is 10.6. The van der Waals surface area contributed by atoms with Gasteiger partial charge in [0.05, 0.1) is 12.3 Å². The van der Waals surface area contributed by atoms with E-state index >= 15 is 0 Å². The van der Waals surface area contributed by atoms with Gasteiger partial charge in [0.2, 0.25) is 0 Å². The second-order valence-corrected chi connectivity index (χ2v) is 4.72. The molecule has 0 bridgehead atoms. The van der Waals surface area contributed by atoms with Crippen molar-refractivity contribution in [2.75, 3.05) is 11.9 Å². The minimum atomic E-state index is -0.548. The van der Waals surface area contributed by atoms with Gasteiger partial charge in [-0.25, -0.2) is 4.79 Å². The Kier molecular flexibility index (Phi) is 6.06. The molecule has 0 spiro atoms. The number of hydrogen-bond acceptors (Lipinski definition) is 4. The fourth-order valence-corrected chi connectivity index (χ4v) is 1.92. The molecule has 5 nitrogen and oxygen atoms in total. The number of rotatable bonds is 7. The first-order valence-electron chi connectivity index (χ1n) is 7.34. The lowest BCUT2D eigenvalue weighted by Gasteiger charge is -2.15. The number of nitrogens with one attached hydrogen (secondary N) is 2. The smallest absolute Gasteiger partial charge is 0.412 e. The first-order chi connectivity index (χ1) is 11.2. The van der Waals surface area contributed by atoms with Gasteiger partial charge in [-0.15, -0.1) is 0 Å². The van der Waals surface area contributed by atoms with Crippen molar-refractivity contribution in [3.63, 3.8) is 0 Å². The van der Waals surface area contributed by atoms with Crippen molar-refractivity contribution in [1.29, 1.82) is 0 Å². The first-order valence-corrected chi connectivity index (χ1v) is 7.34. The van der Waals surface area contributed by atoms with Gasteiger partial charge in [-0.05, 0) is 24.6 Å². The number of carbonyl (C=O) groups excluding carboxylic acids is 1.